The molecule has 220 valence electrons. The summed E-state index contributed by atoms with van der Waals surface area (Å²) in [4.78, 5) is 15.4. The van der Waals surface area contributed by atoms with Gasteiger partial charge in [0.15, 0.2) is 0 Å². The van der Waals surface area contributed by atoms with Crippen LogP contribution in [0.3, 0.4) is 0 Å². The van der Waals surface area contributed by atoms with Gasteiger partial charge in [0.2, 0.25) is 0 Å². The Bertz CT molecular complexity index is 1590. The van der Waals surface area contributed by atoms with Crippen LogP contribution in [0.5, 0.6) is 11.5 Å². The van der Waals surface area contributed by atoms with Crippen LogP contribution >= 0.6 is 28.2 Å². The molecule has 8 heteroatoms. The van der Waals surface area contributed by atoms with Crippen LogP contribution in [0.25, 0.3) is 0 Å². The van der Waals surface area contributed by atoms with Crippen molar-refractivity contribution in [3.8, 4) is 11.5 Å². The number of nitrogens with zero attached hydrogens (tertiary/aromatic N) is 3. The van der Waals surface area contributed by atoms with E-state index < -0.39 is 0 Å². The molecule has 0 saturated heterocycles. The van der Waals surface area contributed by atoms with Gasteiger partial charge in [0, 0.05) is 11.1 Å². The number of aromatic nitrogens is 1. The average molecular weight is 741 g/mol. The van der Waals surface area contributed by atoms with Crippen LogP contribution in [0.1, 0.15) is 33.6 Å². The molecule has 0 aliphatic carbocycles. The zero-order valence-electron chi connectivity index (χ0n) is 24.2. The topological polar surface area (TPSA) is 56.1 Å². The van der Waals surface area contributed by atoms with E-state index in [0.717, 1.165) is 79.3 Å². The normalized spacial score (nSPS) is 11.5. The van der Waals surface area contributed by atoms with Crippen molar-refractivity contribution in [1.82, 2.24) is 4.98 Å². The molecule has 0 N–H and O–H groups in total. The van der Waals surface area contributed by atoms with Crippen molar-refractivity contribution < 1.29 is 20.8 Å². The second-order valence-electron chi connectivity index (χ2n) is 9.42. The number of ether oxygens (including phenoxy) is 2. The van der Waals surface area contributed by atoms with Gasteiger partial charge in [-0.15, -0.1) is 0 Å². The number of methoxy groups -OCH3 is 2. The van der Waals surface area contributed by atoms with Crippen LogP contribution in [0.4, 0.5) is 11.4 Å². The molecule has 0 aliphatic rings. The summed E-state index contributed by atoms with van der Waals surface area (Å²) in [7, 11) is 3.34. The fraction of sp³-hybridized carbons (Fsp3) is 0.114. The first-order valence-corrected chi connectivity index (χ1v) is 18.8. The summed E-state index contributed by atoms with van der Waals surface area (Å²) >= 11 is 7.00. The summed E-state index contributed by atoms with van der Waals surface area (Å²) in [6.45, 7) is 4.07. The maximum absolute atomic E-state index is 5.40. The van der Waals surface area contributed by atoms with Crippen molar-refractivity contribution in [2.45, 2.75) is 13.8 Å². The molecule has 0 radical (unpaired) electrons. The van der Waals surface area contributed by atoms with Gasteiger partial charge in [-0.05, 0) is 73.5 Å². The first-order valence-electron chi connectivity index (χ1n) is 13.4. The standard InChI is InChI=1S/C35H31N3O2.2BrH.Fe/c1-24-22-28(39-3)18-20-30(24)37-34(26-12-7-5-8-13-26)32-16-11-17-33(36-32)35(27-14-9-6-10-15-27)38-31-21-19-29(40-4)23-25(31)2;;;/h5-23H,1-4H3;2*1H;/q;;;+2/p-2. The van der Waals surface area contributed by atoms with E-state index in [9.17, 15) is 0 Å². The Kier molecular flexibility index (Phi) is 12.3. The van der Waals surface area contributed by atoms with Gasteiger partial charge in [-0.25, -0.2) is 15.0 Å². The Balaban J connectivity index is 0.00000135. The Morgan fingerprint density at radius 1 is 0.581 bits per heavy atom. The van der Waals surface area contributed by atoms with Crippen LogP contribution in [-0.2, 0) is 11.3 Å². The fourth-order valence-electron chi connectivity index (χ4n) is 4.43. The number of hydrogen-bond acceptors (Lipinski definition) is 5. The number of aliphatic imine (C=N–C) groups is 2. The van der Waals surface area contributed by atoms with Crippen LogP contribution in [0.2, 0.25) is 0 Å². The first-order chi connectivity index (χ1) is 21.0. The number of benzene rings is 4. The molecule has 1 aromatic heterocycles. The third-order valence-electron chi connectivity index (χ3n) is 6.60. The molecule has 0 saturated carbocycles. The van der Waals surface area contributed by atoms with E-state index in [0.29, 0.717) is 0 Å². The van der Waals surface area contributed by atoms with Gasteiger partial charge in [-0.2, -0.15) is 0 Å². The summed E-state index contributed by atoms with van der Waals surface area (Å²) in [5.74, 6) is 1.60. The molecule has 0 amide bonds. The molecule has 0 spiro atoms. The van der Waals surface area contributed by atoms with Crippen LogP contribution in [-0.4, -0.2) is 30.6 Å². The second-order valence-corrected chi connectivity index (χ2v) is 15.0. The molecule has 0 aliphatic heterocycles. The third kappa shape index (κ3) is 8.74. The second kappa shape index (κ2) is 16.3. The summed E-state index contributed by atoms with van der Waals surface area (Å²) in [6.07, 6.45) is 0. The SMILES string of the molecule is COc1ccc(N=C(c2ccccc2)c2cccc(C(=Nc3ccc(OC)cc3C)c3ccccc3)n2)c(C)c1.[Br][Fe][Br]. The van der Waals surface area contributed by atoms with E-state index in [2.05, 4.69) is 52.5 Å². The van der Waals surface area contributed by atoms with Crippen molar-refractivity contribution in [3.63, 3.8) is 0 Å². The summed E-state index contributed by atoms with van der Waals surface area (Å²) in [5, 5.41) is 0. The zero-order chi connectivity index (χ0) is 30.6. The van der Waals surface area contributed by atoms with Gasteiger partial charge < -0.3 is 9.47 Å². The molecular formula is C35H31Br2FeN3O2. The molecule has 4 aromatic carbocycles. The van der Waals surface area contributed by atoms with Gasteiger partial charge in [0.05, 0.1) is 48.4 Å². The number of hydrogen-bond donors (Lipinski definition) is 0. The number of aryl methyl sites for hydroxylation is 2. The minimum atomic E-state index is 0.758. The van der Waals surface area contributed by atoms with Crippen molar-refractivity contribution in [2.24, 2.45) is 9.98 Å². The van der Waals surface area contributed by atoms with Gasteiger partial charge >= 0.3 is 39.6 Å². The zero-order valence-corrected chi connectivity index (χ0v) is 28.5. The molecule has 5 rings (SSSR count). The van der Waals surface area contributed by atoms with E-state index in [-0.39, 0.29) is 0 Å². The molecule has 0 bridgehead atoms. The molecule has 5 nitrogen and oxygen atoms in total. The minimum absolute atomic E-state index is 0.758. The average Bonchev–Trinajstić information content (AvgIpc) is 3.04. The van der Waals surface area contributed by atoms with Crippen LogP contribution in [0.15, 0.2) is 125 Å². The monoisotopic (exact) mass is 739 g/mol. The van der Waals surface area contributed by atoms with Crippen molar-refractivity contribution >= 4 is 51.0 Å². The Labute approximate surface area is 273 Å². The molecule has 5 aromatic rings. The number of halogens is 2. The van der Waals surface area contributed by atoms with E-state index in [1.807, 2.05) is 105 Å². The van der Waals surface area contributed by atoms with E-state index in [1.165, 1.54) is 0 Å². The summed E-state index contributed by atoms with van der Waals surface area (Å²) in [5.41, 5.74) is 8.79. The Morgan fingerprint density at radius 3 is 1.33 bits per heavy atom. The predicted octanol–water partition coefficient (Wildman–Crippen LogP) is 9.74. The summed E-state index contributed by atoms with van der Waals surface area (Å²) in [6, 6.07) is 38.1. The molecule has 0 atom stereocenters. The Hall–Kier alpha value is -3.55. The first kappa shape index (κ1) is 32.4. The molecule has 43 heavy (non-hydrogen) atoms. The van der Waals surface area contributed by atoms with Crippen molar-refractivity contribution in [2.75, 3.05) is 14.2 Å². The summed E-state index contributed by atoms with van der Waals surface area (Å²) < 4.78 is 10.8. The molecular weight excluding hydrogens is 710 g/mol. The number of rotatable bonds is 8. The molecule has 1 heterocycles. The van der Waals surface area contributed by atoms with Crippen LogP contribution in [0, 0.1) is 13.8 Å². The fourth-order valence-corrected chi connectivity index (χ4v) is 4.43. The quantitative estimate of drug-likeness (QED) is 0.118. The van der Waals surface area contributed by atoms with Crippen molar-refractivity contribution in [3.05, 3.63) is 149 Å². The van der Waals surface area contributed by atoms with Crippen molar-refractivity contribution in [1.29, 1.82) is 0 Å². The van der Waals surface area contributed by atoms with Gasteiger partial charge in [0.1, 0.15) is 11.5 Å². The van der Waals surface area contributed by atoms with Gasteiger partial charge in [-0.1, -0.05) is 66.7 Å². The van der Waals surface area contributed by atoms with Gasteiger partial charge in [0.25, 0.3) is 0 Å². The van der Waals surface area contributed by atoms with E-state index in [1.54, 1.807) is 14.2 Å². The van der Waals surface area contributed by atoms with E-state index >= 15 is 0 Å². The molecule has 0 fully saturated rings. The van der Waals surface area contributed by atoms with Crippen LogP contribution < -0.4 is 9.47 Å². The van der Waals surface area contributed by atoms with E-state index in [4.69, 9.17) is 24.4 Å². The predicted molar refractivity (Wildman–Crippen MR) is 181 cm³/mol. The third-order valence-corrected chi connectivity index (χ3v) is 6.60. The maximum atomic E-state index is 5.40. The number of pyridine rings is 1. The molecule has 0 unspecified atom stereocenters. The van der Waals surface area contributed by atoms with Gasteiger partial charge in [-0.3, -0.25) is 0 Å². The Morgan fingerprint density at radius 2 is 0.977 bits per heavy atom.